The summed E-state index contributed by atoms with van der Waals surface area (Å²) in [5.74, 6) is -1.48. The first-order chi connectivity index (χ1) is 13.9. The second-order valence-electron chi connectivity index (χ2n) is 7.88. The fourth-order valence-electron chi connectivity index (χ4n) is 2.92. The van der Waals surface area contributed by atoms with Gasteiger partial charge >= 0.3 is 5.97 Å². The molecule has 2 amide bonds. The maximum Gasteiger partial charge on any atom is 0.333 e. The lowest BCUT2D eigenvalue weighted by Crippen LogP contribution is -2.77. The summed E-state index contributed by atoms with van der Waals surface area (Å²) in [5, 5.41) is 2.49. The Balaban J connectivity index is 2.23. The molecule has 1 heterocycles. The Hall–Kier alpha value is -2.39. The molecule has 2 rings (SSSR count). The van der Waals surface area contributed by atoms with Crippen LogP contribution in [0.15, 0.2) is 42.5 Å². The zero-order chi connectivity index (χ0) is 22.7. The number of benzene rings is 1. The van der Waals surface area contributed by atoms with Gasteiger partial charge in [0.25, 0.3) is 5.91 Å². The van der Waals surface area contributed by atoms with E-state index in [4.69, 9.17) is 20.2 Å². The molecule has 10 heteroatoms. The van der Waals surface area contributed by atoms with Crippen molar-refractivity contribution in [2.75, 3.05) is 6.61 Å². The number of hydrogen-bond acceptors (Lipinski definition) is 6. The molecule has 1 N–H and O–H groups in total. The zero-order valence-corrected chi connectivity index (χ0v) is 18.8. The molecule has 0 saturated carbocycles. The Morgan fingerprint density at radius 3 is 2.40 bits per heavy atom. The predicted molar refractivity (Wildman–Crippen MR) is 113 cm³/mol. The molecule has 1 saturated heterocycles. The molecule has 1 fully saturated rings. The van der Waals surface area contributed by atoms with Gasteiger partial charge in [0.15, 0.2) is 22.7 Å². The third kappa shape index (κ3) is 5.40. The minimum absolute atomic E-state index is 0.276. The number of esters is 1. The van der Waals surface area contributed by atoms with Crippen molar-refractivity contribution in [2.45, 2.75) is 50.8 Å². The number of hydrogen-bond donors (Lipinski definition) is 1. The molecule has 0 spiro atoms. The number of carbonyl (C=O) groups is 3. The van der Waals surface area contributed by atoms with E-state index in [1.807, 2.05) is 0 Å². The predicted octanol–water partition coefficient (Wildman–Crippen LogP) is 2.26. The number of para-hydroxylation sites is 1. The second-order valence-corrected chi connectivity index (χ2v) is 9.84. The monoisotopic (exact) mass is 456 g/mol. The van der Waals surface area contributed by atoms with Gasteiger partial charge in [-0.25, -0.2) is 9.00 Å². The van der Waals surface area contributed by atoms with E-state index in [9.17, 15) is 18.6 Å². The minimum Gasteiger partial charge on any atom is -0.484 e. The van der Waals surface area contributed by atoms with Crippen LogP contribution in [-0.2, 0) is 29.1 Å². The number of carbonyl (C=O) groups excluding carboxylic acids is 3. The molecular weight excluding hydrogens is 432 g/mol. The zero-order valence-electron chi connectivity index (χ0n) is 17.3. The van der Waals surface area contributed by atoms with E-state index in [-0.39, 0.29) is 12.0 Å². The van der Waals surface area contributed by atoms with Crippen LogP contribution in [0.4, 0.5) is 0 Å². The van der Waals surface area contributed by atoms with E-state index < -0.39 is 51.0 Å². The highest BCUT2D eigenvalue weighted by atomic mass is 35.7. The van der Waals surface area contributed by atoms with E-state index >= 15 is 0 Å². The van der Waals surface area contributed by atoms with Gasteiger partial charge in [0.05, 0.1) is 6.42 Å². The van der Waals surface area contributed by atoms with Crippen molar-refractivity contribution in [3.63, 3.8) is 0 Å². The maximum atomic E-state index is 12.7. The van der Waals surface area contributed by atoms with Gasteiger partial charge in [0.1, 0.15) is 11.4 Å². The van der Waals surface area contributed by atoms with Gasteiger partial charge in [0.2, 0.25) is 10.9 Å². The molecule has 0 bridgehead atoms. The molecule has 1 aliphatic heterocycles. The molecule has 0 radical (unpaired) electrons. The van der Waals surface area contributed by atoms with Crippen LogP contribution < -0.4 is 10.1 Å². The van der Waals surface area contributed by atoms with E-state index in [0.717, 1.165) is 4.90 Å². The number of rotatable bonds is 8. The van der Waals surface area contributed by atoms with Crippen molar-refractivity contribution < 1.29 is 28.1 Å². The van der Waals surface area contributed by atoms with Crippen molar-refractivity contribution in [2.24, 2.45) is 0 Å². The molecule has 1 aliphatic rings. The van der Waals surface area contributed by atoms with E-state index in [1.165, 1.54) is 6.92 Å². The molecule has 0 aromatic heterocycles. The van der Waals surface area contributed by atoms with Crippen LogP contribution in [0.1, 0.15) is 34.1 Å². The maximum absolute atomic E-state index is 12.7. The van der Waals surface area contributed by atoms with Gasteiger partial charge in [-0.05, 0) is 56.1 Å². The molecule has 1 aromatic rings. The summed E-state index contributed by atoms with van der Waals surface area (Å²) in [7, 11) is 3.65. The Kier molecular flexibility index (Phi) is 7.31. The molecule has 3 unspecified atom stereocenters. The Bertz CT molecular complexity index is 870. The lowest BCUT2D eigenvalue weighted by molar-refractivity contribution is -0.174. The van der Waals surface area contributed by atoms with Crippen molar-refractivity contribution >= 4 is 38.5 Å². The highest BCUT2D eigenvalue weighted by Gasteiger charge is 2.61. The SMILES string of the molecule is C=C(C)C(C(=O)OC(C)(C)C)N1C(=O)CC1(NC(=O)COc1ccccc1)S(=O)Cl. The van der Waals surface area contributed by atoms with Gasteiger partial charge in [-0.3, -0.25) is 14.5 Å². The highest BCUT2D eigenvalue weighted by molar-refractivity contribution is 8.09. The number of likely N-dealkylation sites (tertiary alicyclic amines) is 1. The summed E-state index contributed by atoms with van der Waals surface area (Å²) in [6, 6.07) is 7.36. The molecular formula is C20H25ClN2O6S. The second kappa shape index (κ2) is 9.18. The largest absolute Gasteiger partial charge is 0.484 e. The Morgan fingerprint density at radius 1 is 1.33 bits per heavy atom. The Morgan fingerprint density at radius 2 is 1.93 bits per heavy atom. The average molecular weight is 457 g/mol. The first kappa shape index (κ1) is 23.9. The normalized spacial score (nSPS) is 20.6. The third-order valence-corrected chi connectivity index (χ3v) is 5.86. The number of amides is 2. The van der Waals surface area contributed by atoms with Crippen LogP contribution in [0.3, 0.4) is 0 Å². The van der Waals surface area contributed by atoms with Crippen LogP contribution in [0.25, 0.3) is 0 Å². The van der Waals surface area contributed by atoms with Gasteiger partial charge in [-0.2, -0.15) is 0 Å². The van der Waals surface area contributed by atoms with Crippen LogP contribution in [0, 0.1) is 0 Å². The van der Waals surface area contributed by atoms with Gasteiger partial charge in [-0.1, -0.05) is 24.8 Å². The van der Waals surface area contributed by atoms with Gasteiger partial charge in [-0.15, -0.1) is 0 Å². The van der Waals surface area contributed by atoms with Gasteiger partial charge in [0, 0.05) is 0 Å². The summed E-state index contributed by atoms with van der Waals surface area (Å²) in [5.41, 5.74) is -0.549. The van der Waals surface area contributed by atoms with Crippen LogP contribution >= 0.6 is 10.7 Å². The third-order valence-electron chi connectivity index (χ3n) is 4.12. The Labute approximate surface area is 182 Å². The molecule has 8 nitrogen and oxygen atoms in total. The topological polar surface area (TPSA) is 102 Å². The van der Waals surface area contributed by atoms with Gasteiger partial charge < -0.3 is 14.8 Å². The number of ether oxygens (including phenoxy) is 2. The summed E-state index contributed by atoms with van der Waals surface area (Å²) in [4.78, 5) is 36.8. The molecule has 164 valence electrons. The lowest BCUT2D eigenvalue weighted by Gasteiger charge is -2.52. The summed E-state index contributed by atoms with van der Waals surface area (Å²) in [6.07, 6.45) is -0.341. The first-order valence-corrected chi connectivity index (χ1v) is 11.1. The van der Waals surface area contributed by atoms with Crippen LogP contribution in [-0.4, -0.2) is 50.1 Å². The number of nitrogens with zero attached hydrogens (tertiary/aromatic N) is 1. The van der Waals surface area contributed by atoms with E-state index in [1.54, 1.807) is 51.1 Å². The summed E-state index contributed by atoms with van der Waals surface area (Å²) < 4.78 is 23.1. The fraction of sp³-hybridized carbons (Fsp3) is 0.450. The number of nitrogens with one attached hydrogen (secondary N) is 1. The quantitative estimate of drug-likeness (QED) is 0.278. The molecule has 0 aliphatic carbocycles. The van der Waals surface area contributed by atoms with Crippen LogP contribution in [0.2, 0.25) is 0 Å². The van der Waals surface area contributed by atoms with Crippen molar-refractivity contribution in [3.8, 4) is 5.75 Å². The van der Waals surface area contributed by atoms with Crippen molar-refractivity contribution in [1.82, 2.24) is 10.2 Å². The molecule has 30 heavy (non-hydrogen) atoms. The minimum atomic E-state index is -2.24. The summed E-state index contributed by atoms with van der Waals surface area (Å²) in [6.45, 7) is 9.91. The molecule has 3 atom stereocenters. The van der Waals surface area contributed by atoms with Crippen molar-refractivity contribution in [3.05, 3.63) is 42.5 Å². The number of halogens is 1. The highest BCUT2D eigenvalue weighted by Crippen LogP contribution is 2.39. The van der Waals surface area contributed by atoms with Crippen molar-refractivity contribution in [1.29, 1.82) is 0 Å². The van der Waals surface area contributed by atoms with E-state index in [2.05, 4.69) is 11.9 Å². The van der Waals surface area contributed by atoms with E-state index in [0.29, 0.717) is 5.75 Å². The molecule has 1 aromatic carbocycles. The smallest absolute Gasteiger partial charge is 0.333 e. The lowest BCUT2D eigenvalue weighted by atomic mass is 9.99. The fourth-order valence-corrected chi connectivity index (χ4v) is 4.22. The first-order valence-electron chi connectivity index (χ1n) is 9.15. The summed E-state index contributed by atoms with van der Waals surface area (Å²) >= 11 is 0. The van der Waals surface area contributed by atoms with Crippen LogP contribution in [0.5, 0.6) is 5.75 Å². The standard InChI is InChI=1S/C20H25ClN2O6S/c1-13(2)17(18(26)29-19(3,4)5)23-16(25)11-20(23,30(21)27)22-15(24)12-28-14-9-7-6-8-10-14/h6-10,17H,1,11-12H2,2-5H3,(H,22,24). The average Bonchev–Trinajstić information content (AvgIpc) is 2.62. The number of β-lactam (4-membered cyclic amide) rings is 1.